The Morgan fingerprint density at radius 1 is 1.00 bits per heavy atom. The molecular weight excluding hydrogens is 433 g/mol. The molecule has 2 saturated heterocycles. The summed E-state index contributed by atoms with van der Waals surface area (Å²) in [7, 11) is 3.58. The van der Waals surface area contributed by atoms with Gasteiger partial charge in [0.15, 0.2) is 0 Å². The van der Waals surface area contributed by atoms with E-state index >= 15 is 0 Å². The fraction of sp³-hybridized carbons (Fsp3) is 0.444. The summed E-state index contributed by atoms with van der Waals surface area (Å²) in [5, 5.41) is 0. The molecule has 7 heteroatoms. The Labute approximate surface area is 200 Å². The SMILES string of the molecule is CN(C)C(=O)C1CCN(c2ccc(N3CCC[C@@H](CC(=O)Cc4ccccc4F)C3=O)cc2)C1. The molecule has 180 valence electrons. The maximum absolute atomic E-state index is 13.9. The number of amides is 2. The van der Waals surface area contributed by atoms with Crippen molar-refractivity contribution in [1.82, 2.24) is 4.90 Å². The van der Waals surface area contributed by atoms with Gasteiger partial charge in [-0.3, -0.25) is 14.4 Å². The third kappa shape index (κ3) is 5.29. The van der Waals surface area contributed by atoms with Crippen molar-refractivity contribution in [3.8, 4) is 0 Å². The molecule has 2 heterocycles. The van der Waals surface area contributed by atoms with Crippen molar-refractivity contribution in [3.63, 3.8) is 0 Å². The van der Waals surface area contributed by atoms with Gasteiger partial charge in [0.05, 0.1) is 5.92 Å². The number of rotatable bonds is 7. The smallest absolute Gasteiger partial charge is 0.230 e. The molecule has 34 heavy (non-hydrogen) atoms. The third-order valence-electron chi connectivity index (χ3n) is 6.87. The van der Waals surface area contributed by atoms with Crippen LogP contribution in [-0.2, 0) is 20.8 Å². The van der Waals surface area contributed by atoms with E-state index in [1.54, 1.807) is 42.1 Å². The summed E-state index contributed by atoms with van der Waals surface area (Å²) < 4.78 is 13.9. The molecule has 2 aromatic carbocycles. The first-order valence-corrected chi connectivity index (χ1v) is 12.0. The Morgan fingerprint density at radius 2 is 1.71 bits per heavy atom. The highest BCUT2D eigenvalue weighted by Crippen LogP contribution is 2.30. The third-order valence-corrected chi connectivity index (χ3v) is 6.87. The van der Waals surface area contributed by atoms with E-state index < -0.39 is 0 Å². The number of hydrogen-bond acceptors (Lipinski definition) is 4. The van der Waals surface area contributed by atoms with E-state index in [0.29, 0.717) is 25.1 Å². The van der Waals surface area contributed by atoms with Crippen molar-refractivity contribution in [2.75, 3.05) is 43.5 Å². The normalized spacial score (nSPS) is 20.5. The molecule has 0 radical (unpaired) electrons. The zero-order valence-corrected chi connectivity index (χ0v) is 19.9. The molecular formula is C27H32FN3O3. The summed E-state index contributed by atoms with van der Waals surface area (Å²) in [6.07, 6.45) is 2.48. The van der Waals surface area contributed by atoms with E-state index in [4.69, 9.17) is 0 Å². The Balaban J connectivity index is 1.37. The second-order valence-electron chi connectivity index (χ2n) is 9.52. The summed E-state index contributed by atoms with van der Waals surface area (Å²) in [5.74, 6) is -0.739. The number of nitrogens with zero attached hydrogens (tertiary/aromatic N) is 3. The number of Topliss-reactive ketones (excluding diaryl/α,β-unsaturated/α-hetero) is 1. The highest BCUT2D eigenvalue weighted by atomic mass is 19.1. The van der Waals surface area contributed by atoms with Crippen LogP contribution < -0.4 is 9.80 Å². The van der Waals surface area contributed by atoms with Crippen LogP contribution in [0.1, 0.15) is 31.2 Å². The molecule has 2 aromatic rings. The standard InChI is InChI=1S/C27H32FN3O3/c1-29(2)26(33)21-13-15-30(18-21)22-9-11-23(12-10-22)31-14-5-7-20(27(31)34)17-24(32)16-19-6-3-4-8-25(19)28/h3-4,6,8-12,20-21H,5,7,13-18H2,1-2H3/t20-,21?/m0/s1. The minimum atomic E-state index is -0.386. The van der Waals surface area contributed by atoms with Crippen molar-refractivity contribution in [2.24, 2.45) is 11.8 Å². The Morgan fingerprint density at radius 3 is 2.41 bits per heavy atom. The molecule has 0 aromatic heterocycles. The number of benzene rings is 2. The lowest BCUT2D eigenvalue weighted by Crippen LogP contribution is -2.42. The molecule has 4 rings (SSSR count). The van der Waals surface area contributed by atoms with E-state index in [0.717, 1.165) is 30.8 Å². The van der Waals surface area contributed by atoms with Crippen LogP contribution >= 0.6 is 0 Å². The number of halogens is 1. The number of anilines is 2. The fourth-order valence-electron chi connectivity index (χ4n) is 5.00. The molecule has 1 unspecified atom stereocenters. The monoisotopic (exact) mass is 465 g/mol. The van der Waals surface area contributed by atoms with E-state index in [1.165, 1.54) is 6.07 Å². The topological polar surface area (TPSA) is 60.9 Å². The first kappa shape index (κ1) is 23.9. The molecule has 0 N–H and O–H groups in total. The summed E-state index contributed by atoms with van der Waals surface area (Å²) in [4.78, 5) is 43.6. The van der Waals surface area contributed by atoms with Crippen LogP contribution in [-0.4, -0.2) is 56.2 Å². The zero-order valence-electron chi connectivity index (χ0n) is 19.9. The van der Waals surface area contributed by atoms with Gasteiger partial charge < -0.3 is 14.7 Å². The van der Waals surface area contributed by atoms with Gasteiger partial charge in [-0.15, -0.1) is 0 Å². The van der Waals surface area contributed by atoms with Crippen molar-refractivity contribution >= 4 is 29.0 Å². The number of piperidine rings is 1. The summed E-state index contributed by atoms with van der Waals surface area (Å²) in [6, 6.07) is 14.2. The van der Waals surface area contributed by atoms with Gasteiger partial charge in [-0.1, -0.05) is 18.2 Å². The highest BCUT2D eigenvalue weighted by Gasteiger charge is 2.32. The van der Waals surface area contributed by atoms with Gasteiger partial charge in [0.1, 0.15) is 11.6 Å². The van der Waals surface area contributed by atoms with Crippen molar-refractivity contribution in [3.05, 3.63) is 59.9 Å². The predicted octanol–water partition coefficient (Wildman–Crippen LogP) is 3.69. The van der Waals surface area contributed by atoms with E-state index in [2.05, 4.69) is 4.90 Å². The average Bonchev–Trinajstić information content (AvgIpc) is 3.32. The Bertz CT molecular complexity index is 1050. The fourth-order valence-corrected chi connectivity index (χ4v) is 5.00. The van der Waals surface area contributed by atoms with Crippen molar-refractivity contribution < 1.29 is 18.8 Å². The lowest BCUT2D eigenvalue weighted by Gasteiger charge is -2.32. The zero-order chi connectivity index (χ0) is 24.2. The number of ketones is 1. The molecule has 6 nitrogen and oxygen atoms in total. The molecule has 0 bridgehead atoms. The number of hydrogen-bond donors (Lipinski definition) is 0. The lowest BCUT2D eigenvalue weighted by molar-refractivity contribution is -0.132. The van der Waals surface area contributed by atoms with E-state index in [9.17, 15) is 18.8 Å². The van der Waals surface area contributed by atoms with Crippen LogP contribution in [0.2, 0.25) is 0 Å². The van der Waals surface area contributed by atoms with Crippen LogP contribution in [0, 0.1) is 17.7 Å². The van der Waals surface area contributed by atoms with Gasteiger partial charge in [-0.25, -0.2) is 4.39 Å². The maximum Gasteiger partial charge on any atom is 0.230 e. The highest BCUT2D eigenvalue weighted by molar-refractivity contribution is 5.98. The first-order chi connectivity index (χ1) is 16.3. The Kier molecular flexibility index (Phi) is 7.29. The second-order valence-corrected chi connectivity index (χ2v) is 9.52. The van der Waals surface area contributed by atoms with Gasteiger partial charge >= 0.3 is 0 Å². The summed E-state index contributed by atoms with van der Waals surface area (Å²) >= 11 is 0. The average molecular weight is 466 g/mol. The van der Waals surface area contributed by atoms with Gasteiger partial charge in [-0.05, 0) is 55.2 Å². The molecule has 2 fully saturated rings. The summed E-state index contributed by atoms with van der Waals surface area (Å²) in [5.41, 5.74) is 2.23. The molecule has 2 amide bonds. The predicted molar refractivity (Wildman–Crippen MR) is 130 cm³/mol. The first-order valence-electron chi connectivity index (χ1n) is 12.0. The maximum atomic E-state index is 13.9. The van der Waals surface area contributed by atoms with Gasteiger partial charge in [-0.2, -0.15) is 0 Å². The minimum absolute atomic E-state index is 0.0122. The molecule has 0 aliphatic carbocycles. The van der Waals surface area contributed by atoms with E-state index in [1.807, 2.05) is 24.3 Å². The van der Waals surface area contributed by atoms with Gasteiger partial charge in [0.25, 0.3) is 0 Å². The van der Waals surface area contributed by atoms with Crippen LogP contribution in [0.5, 0.6) is 0 Å². The van der Waals surface area contributed by atoms with E-state index in [-0.39, 0.29) is 48.1 Å². The Hall–Kier alpha value is -3.22. The van der Waals surface area contributed by atoms with Gasteiger partial charge in [0, 0.05) is 63.9 Å². The number of carbonyl (C=O) groups excluding carboxylic acids is 3. The van der Waals surface area contributed by atoms with Crippen LogP contribution in [0.4, 0.5) is 15.8 Å². The van der Waals surface area contributed by atoms with Gasteiger partial charge in [0.2, 0.25) is 11.8 Å². The van der Waals surface area contributed by atoms with Crippen molar-refractivity contribution in [1.29, 1.82) is 0 Å². The second kappa shape index (κ2) is 10.4. The molecule has 0 saturated carbocycles. The minimum Gasteiger partial charge on any atom is -0.371 e. The molecule has 2 aliphatic rings. The summed E-state index contributed by atoms with van der Waals surface area (Å²) in [6.45, 7) is 2.16. The largest absolute Gasteiger partial charge is 0.371 e. The van der Waals surface area contributed by atoms with Crippen molar-refractivity contribution in [2.45, 2.75) is 32.1 Å². The molecule has 0 spiro atoms. The number of carbonyl (C=O) groups is 3. The lowest BCUT2D eigenvalue weighted by atomic mass is 9.90. The molecule has 2 atom stereocenters. The van der Waals surface area contributed by atoms with Crippen LogP contribution in [0.3, 0.4) is 0 Å². The van der Waals surface area contributed by atoms with Crippen LogP contribution in [0.15, 0.2) is 48.5 Å². The quantitative estimate of drug-likeness (QED) is 0.626. The molecule has 2 aliphatic heterocycles. The van der Waals surface area contributed by atoms with Crippen LogP contribution in [0.25, 0.3) is 0 Å².